The normalized spacial score (nSPS) is 15.8. The first-order chi connectivity index (χ1) is 14.1. The molecule has 0 aliphatic carbocycles. The Bertz CT molecular complexity index is 806. The number of piperazine rings is 1. The van der Waals surface area contributed by atoms with Gasteiger partial charge in [-0.2, -0.15) is 0 Å². The van der Waals surface area contributed by atoms with Crippen LogP contribution in [0, 0.1) is 0 Å². The van der Waals surface area contributed by atoms with Gasteiger partial charge in [-0.05, 0) is 42.3 Å². The van der Waals surface area contributed by atoms with E-state index in [4.69, 9.17) is 21.1 Å². The maximum absolute atomic E-state index is 10.4. The fraction of sp³-hybridized carbons (Fsp3) is 0.391. The number of hydrogen-bond donors (Lipinski definition) is 1. The summed E-state index contributed by atoms with van der Waals surface area (Å²) < 4.78 is 11.2. The molecule has 3 rings (SSSR count). The van der Waals surface area contributed by atoms with Gasteiger partial charge >= 0.3 is 0 Å². The summed E-state index contributed by atoms with van der Waals surface area (Å²) in [4.78, 5) is 4.58. The fourth-order valence-electron chi connectivity index (χ4n) is 3.52. The van der Waals surface area contributed by atoms with Crippen molar-refractivity contribution in [2.45, 2.75) is 12.5 Å². The summed E-state index contributed by atoms with van der Waals surface area (Å²) in [5, 5.41) is 11.2. The molecule has 0 bridgehead atoms. The second-order valence-corrected chi connectivity index (χ2v) is 7.65. The number of benzene rings is 2. The molecule has 0 aromatic heterocycles. The van der Waals surface area contributed by atoms with Crippen molar-refractivity contribution in [3.63, 3.8) is 0 Å². The highest BCUT2D eigenvalue weighted by Crippen LogP contribution is 2.28. The highest BCUT2D eigenvalue weighted by Gasteiger charge is 2.20. The molecule has 156 valence electrons. The van der Waals surface area contributed by atoms with Crippen LogP contribution in [0.15, 0.2) is 55.1 Å². The average molecular weight is 417 g/mol. The first-order valence-corrected chi connectivity index (χ1v) is 10.3. The summed E-state index contributed by atoms with van der Waals surface area (Å²) in [5.74, 6) is 1.32. The van der Waals surface area contributed by atoms with E-state index in [2.05, 4.69) is 22.4 Å². The van der Waals surface area contributed by atoms with Crippen molar-refractivity contribution in [3.8, 4) is 11.5 Å². The van der Waals surface area contributed by atoms with Gasteiger partial charge in [0.15, 0.2) is 11.5 Å². The number of anilines is 1. The lowest BCUT2D eigenvalue weighted by atomic mass is 10.1. The van der Waals surface area contributed by atoms with E-state index < -0.39 is 6.10 Å². The number of allylic oxidation sites excluding steroid dienone is 1. The van der Waals surface area contributed by atoms with Gasteiger partial charge in [0.25, 0.3) is 0 Å². The molecule has 1 atom stereocenters. The van der Waals surface area contributed by atoms with Gasteiger partial charge in [-0.3, -0.25) is 4.90 Å². The van der Waals surface area contributed by atoms with E-state index in [9.17, 15) is 5.11 Å². The second kappa shape index (κ2) is 10.5. The van der Waals surface area contributed by atoms with Gasteiger partial charge < -0.3 is 19.5 Å². The maximum Gasteiger partial charge on any atom is 0.161 e. The standard InChI is InChI=1S/C23H29ClN2O3/c1-3-5-18-8-9-22(23(14-18)28-2)29-17-21(27)16-25-10-12-26(13-11-25)20-7-4-6-19(24)15-20/h3-4,6-9,14-15,21,27H,1,5,10-13,16-17H2,2H3/t21-/m0/s1. The van der Waals surface area contributed by atoms with Crippen LogP contribution in [0.25, 0.3) is 0 Å². The van der Waals surface area contributed by atoms with E-state index in [1.54, 1.807) is 7.11 Å². The summed E-state index contributed by atoms with van der Waals surface area (Å²) in [6, 6.07) is 13.8. The van der Waals surface area contributed by atoms with E-state index in [-0.39, 0.29) is 6.61 Å². The van der Waals surface area contributed by atoms with E-state index in [0.29, 0.717) is 18.0 Å². The Labute approximate surface area is 178 Å². The molecule has 1 N–H and O–H groups in total. The Balaban J connectivity index is 1.46. The largest absolute Gasteiger partial charge is 0.493 e. The van der Waals surface area contributed by atoms with Gasteiger partial charge in [0.2, 0.25) is 0 Å². The van der Waals surface area contributed by atoms with Gasteiger partial charge in [-0.25, -0.2) is 0 Å². The monoisotopic (exact) mass is 416 g/mol. The maximum atomic E-state index is 10.4. The quantitative estimate of drug-likeness (QED) is 0.632. The molecule has 0 spiro atoms. The lowest BCUT2D eigenvalue weighted by molar-refractivity contribution is 0.0653. The smallest absolute Gasteiger partial charge is 0.161 e. The third kappa shape index (κ3) is 6.13. The van der Waals surface area contributed by atoms with Gasteiger partial charge in [0.1, 0.15) is 12.7 Å². The minimum Gasteiger partial charge on any atom is -0.493 e. The van der Waals surface area contributed by atoms with Crippen LogP contribution < -0.4 is 14.4 Å². The van der Waals surface area contributed by atoms with Gasteiger partial charge in [-0.15, -0.1) is 6.58 Å². The number of β-amino-alcohol motifs (C(OH)–C–C–N with tert-alkyl or cyclic N) is 1. The minimum atomic E-state index is -0.565. The summed E-state index contributed by atoms with van der Waals surface area (Å²) in [5.41, 5.74) is 2.26. The first kappa shape index (κ1) is 21.5. The third-order valence-electron chi connectivity index (χ3n) is 5.05. The number of nitrogens with zero attached hydrogens (tertiary/aromatic N) is 2. The van der Waals surface area contributed by atoms with E-state index >= 15 is 0 Å². The number of rotatable bonds is 9. The van der Waals surface area contributed by atoms with Gasteiger partial charge in [0, 0.05) is 43.4 Å². The molecule has 1 saturated heterocycles. The Morgan fingerprint density at radius 3 is 2.62 bits per heavy atom. The zero-order chi connectivity index (χ0) is 20.6. The minimum absolute atomic E-state index is 0.228. The van der Waals surface area contributed by atoms with Crippen LogP contribution in [0.5, 0.6) is 11.5 Å². The molecular weight excluding hydrogens is 388 g/mol. The Hall–Kier alpha value is -2.21. The number of halogens is 1. The number of hydrogen-bond acceptors (Lipinski definition) is 5. The van der Waals surface area contributed by atoms with Crippen molar-refractivity contribution in [1.29, 1.82) is 0 Å². The highest BCUT2D eigenvalue weighted by atomic mass is 35.5. The Kier molecular flexibility index (Phi) is 7.81. The van der Waals surface area contributed by atoms with Crippen LogP contribution in [0.3, 0.4) is 0 Å². The van der Waals surface area contributed by atoms with Crippen molar-refractivity contribution in [2.24, 2.45) is 0 Å². The molecule has 0 amide bonds. The second-order valence-electron chi connectivity index (χ2n) is 7.21. The fourth-order valence-corrected chi connectivity index (χ4v) is 3.71. The summed E-state index contributed by atoms with van der Waals surface area (Å²) in [6.45, 7) is 8.17. The predicted molar refractivity (Wildman–Crippen MR) is 119 cm³/mol. The molecule has 0 saturated carbocycles. The van der Waals surface area contributed by atoms with Gasteiger partial charge in [-0.1, -0.05) is 29.8 Å². The van der Waals surface area contributed by atoms with Gasteiger partial charge in [0.05, 0.1) is 7.11 Å². The zero-order valence-corrected chi connectivity index (χ0v) is 17.6. The van der Waals surface area contributed by atoms with Crippen LogP contribution in [0.4, 0.5) is 5.69 Å². The van der Waals surface area contributed by atoms with Crippen LogP contribution in [0.1, 0.15) is 5.56 Å². The SMILES string of the molecule is C=CCc1ccc(OC[C@@H](O)CN2CCN(c3cccc(Cl)c3)CC2)c(OC)c1. The number of methoxy groups -OCH3 is 1. The molecule has 2 aromatic rings. The molecule has 0 unspecified atom stereocenters. The van der Waals surface area contributed by atoms with Crippen molar-refractivity contribution >= 4 is 17.3 Å². The van der Waals surface area contributed by atoms with E-state index in [1.165, 1.54) is 0 Å². The Morgan fingerprint density at radius 2 is 1.93 bits per heavy atom. The Morgan fingerprint density at radius 1 is 1.14 bits per heavy atom. The first-order valence-electron chi connectivity index (χ1n) is 9.90. The summed E-state index contributed by atoms with van der Waals surface area (Å²) in [6.07, 6.45) is 2.07. The molecular formula is C23H29ClN2O3. The van der Waals surface area contributed by atoms with Crippen molar-refractivity contribution in [1.82, 2.24) is 4.90 Å². The molecule has 1 heterocycles. The molecule has 2 aromatic carbocycles. The molecule has 29 heavy (non-hydrogen) atoms. The van der Waals surface area contributed by atoms with Crippen LogP contribution in [-0.2, 0) is 6.42 Å². The van der Waals surface area contributed by atoms with Crippen LogP contribution >= 0.6 is 11.6 Å². The lowest BCUT2D eigenvalue weighted by Gasteiger charge is -2.36. The third-order valence-corrected chi connectivity index (χ3v) is 5.29. The molecule has 5 nitrogen and oxygen atoms in total. The molecule has 1 fully saturated rings. The highest BCUT2D eigenvalue weighted by molar-refractivity contribution is 6.30. The van der Waals surface area contributed by atoms with Crippen molar-refractivity contribution in [3.05, 3.63) is 65.7 Å². The topological polar surface area (TPSA) is 45.2 Å². The number of aliphatic hydroxyl groups is 1. The van der Waals surface area contributed by atoms with E-state index in [1.807, 2.05) is 42.5 Å². The predicted octanol–water partition coefficient (Wildman–Crippen LogP) is 3.64. The zero-order valence-electron chi connectivity index (χ0n) is 16.9. The van der Waals surface area contributed by atoms with Crippen molar-refractivity contribution < 1.29 is 14.6 Å². The number of ether oxygens (including phenoxy) is 2. The van der Waals surface area contributed by atoms with Crippen LogP contribution in [-0.4, -0.2) is 62.6 Å². The van der Waals surface area contributed by atoms with Crippen LogP contribution in [0.2, 0.25) is 5.02 Å². The summed E-state index contributed by atoms with van der Waals surface area (Å²) in [7, 11) is 1.62. The molecule has 1 aliphatic rings. The van der Waals surface area contributed by atoms with Crippen molar-refractivity contribution in [2.75, 3.05) is 51.3 Å². The summed E-state index contributed by atoms with van der Waals surface area (Å²) >= 11 is 6.10. The van der Waals surface area contributed by atoms with E-state index in [0.717, 1.165) is 48.9 Å². The average Bonchev–Trinajstić information content (AvgIpc) is 2.73. The molecule has 1 aliphatic heterocycles. The lowest BCUT2D eigenvalue weighted by Crippen LogP contribution is -2.49. The molecule has 6 heteroatoms. The molecule has 0 radical (unpaired) electrons. The number of aliphatic hydroxyl groups excluding tert-OH is 1.